The summed E-state index contributed by atoms with van der Waals surface area (Å²) in [6.45, 7) is 4.52. The third kappa shape index (κ3) is 2.56. The first-order chi connectivity index (χ1) is 11.1. The zero-order valence-electron chi connectivity index (χ0n) is 13.8. The molecular formula is C19H23NO3. The summed E-state index contributed by atoms with van der Waals surface area (Å²) in [5.41, 5.74) is 1.78. The maximum atomic E-state index is 13.1. The Morgan fingerprint density at radius 2 is 1.87 bits per heavy atom. The minimum Gasteiger partial charge on any atom is -0.463 e. The molecule has 1 aromatic rings. The van der Waals surface area contributed by atoms with Gasteiger partial charge in [-0.1, -0.05) is 43.2 Å². The molecule has 1 fully saturated rings. The largest absolute Gasteiger partial charge is 0.463 e. The number of hydrogen-bond acceptors (Lipinski definition) is 3. The van der Waals surface area contributed by atoms with Crippen molar-refractivity contribution in [2.45, 2.75) is 46.1 Å². The van der Waals surface area contributed by atoms with Crippen LogP contribution in [0.3, 0.4) is 0 Å². The van der Waals surface area contributed by atoms with Crippen LogP contribution in [0.15, 0.2) is 41.6 Å². The molecule has 4 nitrogen and oxygen atoms in total. The number of amides is 1. The SMILES string of the molecule is CCOC(=O)C1=C(C)N(Cc2ccccc2)C(=O)C12CCCC2. The van der Waals surface area contributed by atoms with E-state index in [0.29, 0.717) is 18.7 Å². The van der Waals surface area contributed by atoms with E-state index in [1.807, 2.05) is 37.3 Å². The predicted molar refractivity (Wildman–Crippen MR) is 87.2 cm³/mol. The van der Waals surface area contributed by atoms with E-state index in [4.69, 9.17) is 4.74 Å². The lowest BCUT2D eigenvalue weighted by molar-refractivity contribution is -0.143. The second kappa shape index (κ2) is 6.19. The maximum absolute atomic E-state index is 13.1. The standard InChI is InChI=1S/C19H23NO3/c1-3-23-17(21)16-14(2)20(13-15-9-5-4-6-10-15)18(22)19(16)11-7-8-12-19/h4-6,9-10H,3,7-8,11-13H2,1-2H3. The number of carbonyl (C=O) groups excluding carboxylic acids is 2. The van der Waals surface area contributed by atoms with Crippen LogP contribution in [0.5, 0.6) is 0 Å². The van der Waals surface area contributed by atoms with E-state index >= 15 is 0 Å². The fraction of sp³-hybridized carbons (Fsp3) is 0.474. The molecule has 0 saturated heterocycles. The van der Waals surface area contributed by atoms with Crippen LogP contribution in [0.25, 0.3) is 0 Å². The van der Waals surface area contributed by atoms with Crippen molar-refractivity contribution in [2.24, 2.45) is 5.41 Å². The third-order valence-electron chi connectivity index (χ3n) is 5.02. The minimum absolute atomic E-state index is 0.0689. The van der Waals surface area contributed by atoms with Crippen LogP contribution in [0.1, 0.15) is 45.1 Å². The highest BCUT2D eigenvalue weighted by Crippen LogP contribution is 2.52. The van der Waals surface area contributed by atoms with E-state index < -0.39 is 5.41 Å². The summed E-state index contributed by atoms with van der Waals surface area (Å²) in [6, 6.07) is 9.90. The lowest BCUT2D eigenvalue weighted by atomic mass is 9.79. The fourth-order valence-corrected chi connectivity index (χ4v) is 3.94. The molecule has 1 aliphatic heterocycles. The zero-order valence-corrected chi connectivity index (χ0v) is 13.8. The molecule has 0 aromatic heterocycles. The summed E-state index contributed by atoms with van der Waals surface area (Å²) in [5.74, 6) is -0.254. The maximum Gasteiger partial charge on any atom is 0.336 e. The van der Waals surface area contributed by atoms with Crippen molar-refractivity contribution < 1.29 is 14.3 Å². The molecule has 4 heteroatoms. The number of carbonyl (C=O) groups is 2. The molecule has 0 radical (unpaired) electrons. The molecule has 1 saturated carbocycles. The van der Waals surface area contributed by atoms with Crippen molar-refractivity contribution in [2.75, 3.05) is 6.61 Å². The van der Waals surface area contributed by atoms with Crippen LogP contribution in [0, 0.1) is 5.41 Å². The molecule has 0 bridgehead atoms. The quantitative estimate of drug-likeness (QED) is 0.800. The van der Waals surface area contributed by atoms with Crippen LogP contribution in [0.2, 0.25) is 0 Å². The van der Waals surface area contributed by atoms with Crippen molar-refractivity contribution in [3.63, 3.8) is 0 Å². The molecule has 0 atom stereocenters. The first kappa shape index (κ1) is 15.8. The Bertz CT molecular complexity index is 642. The number of benzene rings is 1. The average molecular weight is 313 g/mol. The number of ether oxygens (including phenoxy) is 1. The van der Waals surface area contributed by atoms with E-state index in [2.05, 4.69) is 0 Å². The Morgan fingerprint density at radius 3 is 2.48 bits per heavy atom. The van der Waals surface area contributed by atoms with E-state index in [1.54, 1.807) is 11.8 Å². The molecular weight excluding hydrogens is 290 g/mol. The molecule has 23 heavy (non-hydrogen) atoms. The van der Waals surface area contributed by atoms with Crippen molar-refractivity contribution in [3.05, 3.63) is 47.2 Å². The Kier molecular flexibility index (Phi) is 4.24. The molecule has 1 aliphatic carbocycles. The van der Waals surface area contributed by atoms with E-state index in [9.17, 15) is 9.59 Å². The zero-order chi connectivity index (χ0) is 16.4. The van der Waals surface area contributed by atoms with Gasteiger partial charge in [-0.3, -0.25) is 4.79 Å². The fourth-order valence-electron chi connectivity index (χ4n) is 3.94. The smallest absolute Gasteiger partial charge is 0.336 e. The van der Waals surface area contributed by atoms with Crippen molar-refractivity contribution >= 4 is 11.9 Å². The average Bonchev–Trinajstić information content (AvgIpc) is 3.10. The van der Waals surface area contributed by atoms with E-state index in [0.717, 1.165) is 36.9 Å². The van der Waals surface area contributed by atoms with Gasteiger partial charge in [0.1, 0.15) is 0 Å². The van der Waals surface area contributed by atoms with E-state index in [-0.39, 0.29) is 11.9 Å². The molecule has 1 amide bonds. The summed E-state index contributed by atoms with van der Waals surface area (Å²) >= 11 is 0. The lowest BCUT2D eigenvalue weighted by Gasteiger charge is -2.25. The number of rotatable bonds is 4. The van der Waals surface area contributed by atoms with Gasteiger partial charge < -0.3 is 9.64 Å². The van der Waals surface area contributed by atoms with Gasteiger partial charge in [0.25, 0.3) is 0 Å². The van der Waals surface area contributed by atoms with Gasteiger partial charge in [0.2, 0.25) is 5.91 Å². The first-order valence-electron chi connectivity index (χ1n) is 8.34. The second-order valence-corrected chi connectivity index (χ2v) is 6.35. The molecule has 1 heterocycles. The van der Waals surface area contributed by atoms with Gasteiger partial charge in [-0.2, -0.15) is 0 Å². The third-order valence-corrected chi connectivity index (χ3v) is 5.02. The highest BCUT2D eigenvalue weighted by Gasteiger charge is 2.55. The van der Waals surface area contributed by atoms with Gasteiger partial charge >= 0.3 is 5.97 Å². The first-order valence-corrected chi connectivity index (χ1v) is 8.34. The van der Waals surface area contributed by atoms with Crippen molar-refractivity contribution in [1.29, 1.82) is 0 Å². The summed E-state index contributed by atoms with van der Waals surface area (Å²) in [5, 5.41) is 0. The Balaban J connectivity index is 1.98. The Labute approximate surface area is 137 Å². The van der Waals surface area contributed by atoms with Gasteiger partial charge in [-0.15, -0.1) is 0 Å². The summed E-state index contributed by atoms with van der Waals surface area (Å²) in [7, 11) is 0. The highest BCUT2D eigenvalue weighted by atomic mass is 16.5. The van der Waals surface area contributed by atoms with Gasteiger partial charge in [-0.05, 0) is 32.3 Å². The van der Waals surface area contributed by atoms with Crippen LogP contribution in [0.4, 0.5) is 0 Å². The molecule has 0 unspecified atom stereocenters. The number of nitrogens with zero attached hydrogens (tertiary/aromatic N) is 1. The van der Waals surface area contributed by atoms with Crippen LogP contribution >= 0.6 is 0 Å². The van der Waals surface area contributed by atoms with Crippen LogP contribution in [-0.2, 0) is 20.9 Å². The Hall–Kier alpha value is -2.10. The topological polar surface area (TPSA) is 46.6 Å². The molecule has 1 aromatic carbocycles. The molecule has 122 valence electrons. The van der Waals surface area contributed by atoms with Gasteiger partial charge in [-0.25, -0.2) is 4.79 Å². The predicted octanol–water partition coefficient (Wildman–Crippen LogP) is 3.43. The molecule has 0 N–H and O–H groups in total. The summed E-state index contributed by atoms with van der Waals surface area (Å²) in [6.07, 6.45) is 3.48. The van der Waals surface area contributed by atoms with Crippen molar-refractivity contribution in [3.8, 4) is 0 Å². The highest BCUT2D eigenvalue weighted by molar-refractivity contribution is 6.05. The second-order valence-electron chi connectivity index (χ2n) is 6.35. The molecule has 2 aliphatic rings. The summed E-state index contributed by atoms with van der Waals surface area (Å²) in [4.78, 5) is 27.4. The number of esters is 1. The summed E-state index contributed by atoms with van der Waals surface area (Å²) < 4.78 is 5.25. The lowest BCUT2D eigenvalue weighted by Crippen LogP contribution is -2.36. The minimum atomic E-state index is -0.648. The van der Waals surface area contributed by atoms with Crippen molar-refractivity contribution in [1.82, 2.24) is 4.90 Å². The van der Waals surface area contributed by atoms with Gasteiger partial charge in [0.15, 0.2) is 0 Å². The molecule has 1 spiro atoms. The Morgan fingerprint density at radius 1 is 1.22 bits per heavy atom. The van der Waals surface area contributed by atoms with Crippen LogP contribution in [-0.4, -0.2) is 23.4 Å². The number of hydrogen-bond donors (Lipinski definition) is 0. The van der Waals surface area contributed by atoms with E-state index in [1.165, 1.54) is 0 Å². The number of allylic oxidation sites excluding steroid dienone is 1. The molecule has 3 rings (SSSR count). The van der Waals surface area contributed by atoms with Crippen LogP contribution < -0.4 is 0 Å². The van der Waals surface area contributed by atoms with Gasteiger partial charge in [0, 0.05) is 5.70 Å². The monoisotopic (exact) mass is 313 g/mol. The van der Waals surface area contributed by atoms with Gasteiger partial charge in [0.05, 0.1) is 24.1 Å². The normalized spacial score (nSPS) is 19.7.